The normalized spacial score (nSPS) is 14.3. The standard InChI is InChI=1S/C17H12F5NO4/c1-26-15(24)9-5-3-4-8-23(14(9)16(25)27-2)11-7-6-10(18)12(13(11)19)17(20,21)22/h3-8H,1-2H3. The van der Waals surface area contributed by atoms with Gasteiger partial charge in [-0.1, -0.05) is 6.08 Å². The number of carbonyl (C=O) groups excluding carboxylic acids is 2. The van der Waals surface area contributed by atoms with Crippen LogP contribution in [0.5, 0.6) is 0 Å². The van der Waals surface area contributed by atoms with Gasteiger partial charge in [0.05, 0.1) is 25.5 Å². The lowest BCUT2D eigenvalue weighted by atomic mass is 10.1. The van der Waals surface area contributed by atoms with Crippen molar-refractivity contribution in [2.24, 2.45) is 0 Å². The maximum atomic E-state index is 14.6. The molecule has 0 spiro atoms. The van der Waals surface area contributed by atoms with Gasteiger partial charge in [-0.3, -0.25) is 0 Å². The molecule has 144 valence electrons. The molecule has 0 bridgehead atoms. The van der Waals surface area contributed by atoms with E-state index in [2.05, 4.69) is 9.47 Å². The number of hydrogen-bond acceptors (Lipinski definition) is 5. The van der Waals surface area contributed by atoms with Crippen LogP contribution in [0.15, 0.2) is 47.8 Å². The molecule has 1 heterocycles. The smallest absolute Gasteiger partial charge is 0.422 e. The molecule has 0 amide bonds. The van der Waals surface area contributed by atoms with Crippen LogP contribution in [0, 0.1) is 11.6 Å². The van der Waals surface area contributed by atoms with Crippen LogP contribution in [0.3, 0.4) is 0 Å². The van der Waals surface area contributed by atoms with Gasteiger partial charge in [0.15, 0.2) is 5.82 Å². The molecular weight excluding hydrogens is 377 g/mol. The second-order valence-corrected chi connectivity index (χ2v) is 5.07. The molecule has 0 saturated heterocycles. The fourth-order valence-corrected chi connectivity index (χ4v) is 2.34. The van der Waals surface area contributed by atoms with E-state index in [4.69, 9.17) is 0 Å². The van der Waals surface area contributed by atoms with Gasteiger partial charge in [0.2, 0.25) is 0 Å². The predicted molar refractivity (Wildman–Crippen MR) is 83.2 cm³/mol. The number of alkyl halides is 3. The molecule has 0 saturated carbocycles. The van der Waals surface area contributed by atoms with Crippen LogP contribution in [-0.4, -0.2) is 26.2 Å². The highest BCUT2D eigenvalue weighted by molar-refractivity contribution is 6.05. The van der Waals surface area contributed by atoms with Crippen LogP contribution in [0.1, 0.15) is 5.56 Å². The van der Waals surface area contributed by atoms with E-state index in [9.17, 15) is 31.5 Å². The van der Waals surface area contributed by atoms with E-state index < -0.39 is 52.3 Å². The molecule has 1 aromatic rings. The van der Waals surface area contributed by atoms with Gasteiger partial charge in [-0.25, -0.2) is 18.4 Å². The van der Waals surface area contributed by atoms with Gasteiger partial charge >= 0.3 is 18.1 Å². The molecule has 27 heavy (non-hydrogen) atoms. The van der Waals surface area contributed by atoms with Crippen LogP contribution >= 0.6 is 0 Å². The number of esters is 2. The zero-order valence-corrected chi connectivity index (χ0v) is 13.9. The van der Waals surface area contributed by atoms with Crippen molar-refractivity contribution >= 4 is 17.6 Å². The molecule has 2 rings (SSSR count). The lowest BCUT2D eigenvalue weighted by Crippen LogP contribution is -2.28. The van der Waals surface area contributed by atoms with E-state index >= 15 is 0 Å². The minimum atomic E-state index is -5.32. The first kappa shape index (κ1) is 20.1. The largest absolute Gasteiger partial charge is 0.465 e. The molecule has 5 nitrogen and oxygen atoms in total. The van der Waals surface area contributed by atoms with Crippen LogP contribution < -0.4 is 4.90 Å². The second kappa shape index (κ2) is 7.60. The second-order valence-electron chi connectivity index (χ2n) is 5.07. The summed E-state index contributed by atoms with van der Waals surface area (Å²) in [6.07, 6.45) is -0.648. The van der Waals surface area contributed by atoms with E-state index in [-0.39, 0.29) is 0 Å². The van der Waals surface area contributed by atoms with Gasteiger partial charge in [-0.15, -0.1) is 0 Å². The number of nitrogens with zero attached hydrogens (tertiary/aromatic N) is 1. The fourth-order valence-electron chi connectivity index (χ4n) is 2.34. The van der Waals surface area contributed by atoms with Crippen molar-refractivity contribution in [3.05, 3.63) is 65.0 Å². The van der Waals surface area contributed by atoms with Crippen LogP contribution in [0.2, 0.25) is 0 Å². The maximum Gasteiger partial charge on any atom is 0.422 e. The van der Waals surface area contributed by atoms with Gasteiger partial charge in [0.25, 0.3) is 0 Å². The van der Waals surface area contributed by atoms with Crippen molar-refractivity contribution in [1.29, 1.82) is 0 Å². The lowest BCUT2D eigenvalue weighted by Gasteiger charge is -2.24. The zero-order chi connectivity index (χ0) is 20.4. The SMILES string of the molecule is COC(=O)C1=C(C(=O)OC)N(c2ccc(F)c(C(F)(F)F)c2F)C=CC=C1. The maximum absolute atomic E-state index is 14.6. The molecule has 1 aliphatic rings. The summed E-state index contributed by atoms with van der Waals surface area (Å²) in [5, 5.41) is 0. The Hall–Kier alpha value is -3.17. The summed E-state index contributed by atoms with van der Waals surface area (Å²) >= 11 is 0. The van der Waals surface area contributed by atoms with Gasteiger partial charge in [-0.2, -0.15) is 13.2 Å². The molecule has 0 unspecified atom stereocenters. The molecule has 0 radical (unpaired) electrons. The topological polar surface area (TPSA) is 55.8 Å². The average molecular weight is 389 g/mol. The third-order valence-electron chi connectivity index (χ3n) is 3.50. The number of benzene rings is 1. The molecular formula is C17H12F5NO4. The first-order chi connectivity index (χ1) is 12.6. The molecule has 1 aromatic carbocycles. The highest BCUT2D eigenvalue weighted by Gasteiger charge is 2.40. The Morgan fingerprint density at radius 1 is 1.00 bits per heavy atom. The number of halogens is 5. The number of anilines is 1. The Bertz CT molecular complexity index is 871. The zero-order valence-electron chi connectivity index (χ0n) is 13.9. The third kappa shape index (κ3) is 3.83. The summed E-state index contributed by atoms with van der Waals surface area (Å²) in [5.74, 6) is -5.94. The summed E-state index contributed by atoms with van der Waals surface area (Å²) in [5.41, 5.74) is -3.94. The highest BCUT2D eigenvalue weighted by atomic mass is 19.4. The van der Waals surface area contributed by atoms with E-state index in [0.29, 0.717) is 17.0 Å². The minimum absolute atomic E-state index is 0.397. The van der Waals surface area contributed by atoms with Gasteiger partial charge < -0.3 is 14.4 Å². The highest BCUT2D eigenvalue weighted by Crippen LogP contribution is 2.38. The molecule has 0 N–H and O–H groups in total. The Morgan fingerprint density at radius 3 is 2.19 bits per heavy atom. The Labute approximate surface area is 150 Å². The Kier molecular flexibility index (Phi) is 5.67. The molecule has 0 atom stereocenters. The summed E-state index contributed by atoms with van der Waals surface area (Å²) in [6.45, 7) is 0. The molecule has 0 aromatic heterocycles. The van der Waals surface area contributed by atoms with Crippen LogP contribution in [-0.2, 0) is 25.2 Å². The van der Waals surface area contributed by atoms with Crippen molar-refractivity contribution in [1.82, 2.24) is 0 Å². The summed E-state index contributed by atoms with van der Waals surface area (Å²) in [7, 11) is 1.98. The van der Waals surface area contributed by atoms with Crippen molar-refractivity contribution < 1.29 is 41.0 Å². The van der Waals surface area contributed by atoms with E-state index in [1.165, 1.54) is 12.2 Å². The number of ether oxygens (including phenoxy) is 2. The quantitative estimate of drug-likeness (QED) is 0.585. The van der Waals surface area contributed by atoms with Crippen molar-refractivity contribution in [2.75, 3.05) is 19.1 Å². The summed E-state index contributed by atoms with van der Waals surface area (Å²) in [4.78, 5) is 24.8. The molecule has 0 fully saturated rings. The van der Waals surface area contributed by atoms with Gasteiger partial charge in [0, 0.05) is 6.20 Å². The fraction of sp³-hybridized carbons (Fsp3) is 0.176. The summed E-state index contributed by atoms with van der Waals surface area (Å²) in [6, 6.07) is 1.10. The molecule has 10 heteroatoms. The minimum Gasteiger partial charge on any atom is -0.465 e. The monoisotopic (exact) mass is 389 g/mol. The van der Waals surface area contributed by atoms with Crippen molar-refractivity contribution in [2.45, 2.75) is 6.18 Å². The Balaban J connectivity index is 2.79. The van der Waals surface area contributed by atoms with Crippen molar-refractivity contribution in [3.63, 3.8) is 0 Å². The summed E-state index contributed by atoms with van der Waals surface area (Å²) < 4.78 is 76.2. The number of methoxy groups -OCH3 is 2. The predicted octanol–water partition coefficient (Wildman–Crippen LogP) is 3.47. The van der Waals surface area contributed by atoms with Gasteiger partial charge in [-0.05, 0) is 24.3 Å². The number of allylic oxidation sites excluding steroid dienone is 2. The first-order valence-electron chi connectivity index (χ1n) is 7.23. The Morgan fingerprint density at radius 2 is 1.63 bits per heavy atom. The van der Waals surface area contributed by atoms with Crippen molar-refractivity contribution in [3.8, 4) is 0 Å². The van der Waals surface area contributed by atoms with E-state index in [1.54, 1.807) is 0 Å². The lowest BCUT2D eigenvalue weighted by molar-refractivity contribution is -0.142. The number of hydrogen-bond donors (Lipinski definition) is 0. The third-order valence-corrected chi connectivity index (χ3v) is 3.50. The van der Waals surface area contributed by atoms with E-state index in [1.807, 2.05) is 0 Å². The van der Waals surface area contributed by atoms with Gasteiger partial charge in [0.1, 0.15) is 17.1 Å². The molecule has 0 aliphatic carbocycles. The number of carbonyl (C=O) groups is 2. The number of rotatable bonds is 3. The molecule has 1 aliphatic heterocycles. The first-order valence-corrected chi connectivity index (χ1v) is 7.23. The van der Waals surface area contributed by atoms with Crippen LogP contribution in [0.25, 0.3) is 0 Å². The van der Waals surface area contributed by atoms with Crippen LogP contribution in [0.4, 0.5) is 27.6 Å². The average Bonchev–Trinajstić information content (AvgIpc) is 2.82. The van der Waals surface area contributed by atoms with E-state index in [0.717, 1.165) is 26.5 Å².